The highest BCUT2D eigenvalue weighted by molar-refractivity contribution is 14.1. The molecule has 13 heteroatoms. The van der Waals surface area contributed by atoms with E-state index in [9.17, 15) is 8.42 Å². The van der Waals surface area contributed by atoms with Gasteiger partial charge in [0.2, 0.25) is 16.0 Å². The van der Waals surface area contributed by atoms with Crippen LogP contribution in [0.15, 0.2) is 6.20 Å². The number of aromatic nitrogens is 4. The number of hydrogen-bond acceptors (Lipinski definition) is 10. The molecule has 0 aliphatic carbocycles. The summed E-state index contributed by atoms with van der Waals surface area (Å²) in [7, 11) is -3.13. The predicted molar refractivity (Wildman–Crippen MR) is 121 cm³/mol. The van der Waals surface area contributed by atoms with Gasteiger partial charge in [0.05, 0.1) is 37.2 Å². The molecule has 2 aliphatic rings. The summed E-state index contributed by atoms with van der Waals surface area (Å²) in [6, 6.07) is 0.287. The summed E-state index contributed by atoms with van der Waals surface area (Å²) >= 11 is 3.69. The van der Waals surface area contributed by atoms with Crippen molar-refractivity contribution in [3.05, 3.63) is 9.21 Å². The molecule has 164 valence electrons. The van der Waals surface area contributed by atoms with Gasteiger partial charge in [-0.15, -0.1) is 11.3 Å². The number of halogens is 1. The van der Waals surface area contributed by atoms with Crippen LogP contribution in [0.4, 0.5) is 5.95 Å². The topological polar surface area (TPSA) is 111 Å². The van der Waals surface area contributed by atoms with Crippen LogP contribution in [0.5, 0.6) is 6.01 Å². The number of hydrogen-bond donors (Lipinski definition) is 0. The van der Waals surface area contributed by atoms with Crippen LogP contribution in [0.3, 0.4) is 0 Å². The van der Waals surface area contributed by atoms with Gasteiger partial charge in [-0.25, -0.2) is 17.7 Å². The standard InChI is InChI=1S/C17H23IN6O4S2/c1-30(25,26)24-4-2-12(3-5-24)11-28-17-21-14(13-10-19-15(18)29-13)20-16(22-17)23-6-8-27-9-7-23/h10,12H,2-9,11H2,1H3. The second-order valence-electron chi connectivity index (χ2n) is 7.23. The van der Waals surface area contributed by atoms with E-state index in [1.165, 1.54) is 21.9 Å². The van der Waals surface area contributed by atoms with Gasteiger partial charge < -0.3 is 14.4 Å². The number of piperidine rings is 1. The molecule has 0 unspecified atom stereocenters. The van der Waals surface area contributed by atoms with E-state index < -0.39 is 10.0 Å². The lowest BCUT2D eigenvalue weighted by Crippen LogP contribution is -2.39. The van der Waals surface area contributed by atoms with Gasteiger partial charge in [-0.1, -0.05) is 0 Å². The zero-order valence-electron chi connectivity index (χ0n) is 16.5. The first kappa shape index (κ1) is 22.0. The molecule has 30 heavy (non-hydrogen) atoms. The van der Waals surface area contributed by atoms with E-state index >= 15 is 0 Å². The van der Waals surface area contributed by atoms with Gasteiger partial charge in [0, 0.05) is 26.2 Å². The Morgan fingerprint density at radius 1 is 1.20 bits per heavy atom. The lowest BCUT2D eigenvalue weighted by molar-refractivity contribution is 0.121. The van der Waals surface area contributed by atoms with Crippen molar-refractivity contribution in [3.63, 3.8) is 0 Å². The summed E-state index contributed by atoms with van der Waals surface area (Å²) in [6.45, 7) is 4.19. The Hall–Kier alpha value is -1.16. The van der Waals surface area contributed by atoms with Crippen LogP contribution in [0.1, 0.15) is 12.8 Å². The van der Waals surface area contributed by atoms with E-state index in [-0.39, 0.29) is 11.9 Å². The van der Waals surface area contributed by atoms with Gasteiger partial charge in [-0.3, -0.25) is 0 Å². The van der Waals surface area contributed by atoms with Crippen LogP contribution in [0.25, 0.3) is 10.7 Å². The molecule has 0 atom stereocenters. The zero-order chi connectivity index (χ0) is 21.1. The molecule has 2 aromatic rings. The summed E-state index contributed by atoms with van der Waals surface area (Å²) in [5.74, 6) is 1.39. The zero-order valence-corrected chi connectivity index (χ0v) is 20.3. The fourth-order valence-corrected chi connectivity index (χ4v) is 5.68. The maximum atomic E-state index is 11.7. The van der Waals surface area contributed by atoms with Crippen molar-refractivity contribution in [2.24, 2.45) is 5.92 Å². The number of rotatable bonds is 6. The Morgan fingerprint density at radius 3 is 2.57 bits per heavy atom. The SMILES string of the molecule is CS(=O)(=O)N1CCC(COc2nc(-c3cnc(I)s3)nc(N3CCOCC3)n2)CC1. The number of nitrogens with zero attached hydrogens (tertiary/aromatic N) is 6. The quantitative estimate of drug-likeness (QED) is 0.481. The summed E-state index contributed by atoms with van der Waals surface area (Å²) < 4.78 is 37.2. The third-order valence-electron chi connectivity index (χ3n) is 5.09. The molecular formula is C17H23IN6O4S2. The molecule has 4 heterocycles. The summed E-state index contributed by atoms with van der Waals surface area (Å²) in [5.41, 5.74) is 0. The highest BCUT2D eigenvalue weighted by Gasteiger charge is 2.26. The average molecular weight is 566 g/mol. The molecule has 2 aromatic heterocycles. The number of morpholine rings is 1. The molecule has 0 amide bonds. The second-order valence-corrected chi connectivity index (χ2v) is 12.0. The second kappa shape index (κ2) is 9.54. The van der Waals surface area contributed by atoms with Gasteiger partial charge in [0.25, 0.3) is 0 Å². The van der Waals surface area contributed by atoms with Crippen molar-refractivity contribution < 1.29 is 17.9 Å². The van der Waals surface area contributed by atoms with E-state index in [0.717, 1.165) is 20.7 Å². The number of anilines is 1. The van der Waals surface area contributed by atoms with Gasteiger partial charge in [-0.05, 0) is 41.4 Å². The Bertz CT molecular complexity index is 974. The fourth-order valence-electron chi connectivity index (χ4n) is 3.38. The molecule has 0 radical (unpaired) electrons. The maximum Gasteiger partial charge on any atom is 0.321 e. The van der Waals surface area contributed by atoms with Gasteiger partial charge >= 0.3 is 6.01 Å². The van der Waals surface area contributed by atoms with Crippen molar-refractivity contribution in [3.8, 4) is 16.7 Å². The molecule has 0 N–H and O–H groups in total. The molecule has 2 saturated heterocycles. The minimum absolute atomic E-state index is 0.263. The molecule has 4 rings (SSSR count). The van der Waals surface area contributed by atoms with E-state index in [4.69, 9.17) is 9.47 Å². The first-order valence-corrected chi connectivity index (χ1v) is 13.4. The van der Waals surface area contributed by atoms with E-state index in [2.05, 4.69) is 47.4 Å². The van der Waals surface area contributed by atoms with Crippen LogP contribution < -0.4 is 9.64 Å². The number of thiazole rings is 1. The van der Waals surface area contributed by atoms with Crippen LogP contribution in [0, 0.1) is 8.93 Å². The van der Waals surface area contributed by atoms with Gasteiger partial charge in [0.1, 0.15) is 0 Å². The maximum absolute atomic E-state index is 11.7. The third kappa shape index (κ3) is 5.55. The first-order chi connectivity index (χ1) is 14.4. The van der Waals surface area contributed by atoms with Crippen LogP contribution in [-0.2, 0) is 14.8 Å². The summed E-state index contributed by atoms with van der Waals surface area (Å²) in [4.78, 5) is 20.9. The predicted octanol–water partition coefficient (Wildman–Crippen LogP) is 1.49. The lowest BCUT2D eigenvalue weighted by atomic mass is 9.99. The summed E-state index contributed by atoms with van der Waals surface area (Å²) in [5, 5.41) is 0. The molecule has 0 aromatic carbocycles. The Balaban J connectivity index is 1.48. The molecule has 2 fully saturated rings. The van der Waals surface area contributed by atoms with Crippen molar-refractivity contribution in [2.75, 3.05) is 57.2 Å². The molecular weight excluding hydrogens is 543 g/mol. The smallest absolute Gasteiger partial charge is 0.321 e. The number of sulfonamides is 1. The molecule has 0 spiro atoms. The highest BCUT2D eigenvalue weighted by Crippen LogP contribution is 2.27. The van der Waals surface area contributed by atoms with Crippen LogP contribution in [-0.4, -0.2) is 84.9 Å². The first-order valence-electron chi connectivity index (χ1n) is 9.67. The molecule has 0 bridgehead atoms. The lowest BCUT2D eigenvalue weighted by Gasteiger charge is -2.30. The van der Waals surface area contributed by atoms with Crippen molar-refractivity contribution in [1.29, 1.82) is 0 Å². The van der Waals surface area contributed by atoms with Crippen molar-refractivity contribution in [2.45, 2.75) is 12.8 Å². The largest absolute Gasteiger partial charge is 0.463 e. The minimum atomic E-state index is -3.13. The van der Waals surface area contributed by atoms with Crippen LogP contribution in [0.2, 0.25) is 0 Å². The van der Waals surface area contributed by atoms with Gasteiger partial charge in [-0.2, -0.15) is 15.0 Å². The van der Waals surface area contributed by atoms with E-state index in [1.807, 2.05) is 0 Å². The average Bonchev–Trinajstić information content (AvgIpc) is 3.19. The molecule has 2 aliphatic heterocycles. The van der Waals surface area contributed by atoms with Crippen molar-refractivity contribution >= 4 is 49.9 Å². The Kier molecular flexibility index (Phi) is 7.01. The van der Waals surface area contributed by atoms with E-state index in [1.54, 1.807) is 6.20 Å². The minimum Gasteiger partial charge on any atom is -0.463 e. The van der Waals surface area contributed by atoms with Gasteiger partial charge in [0.15, 0.2) is 8.84 Å². The monoisotopic (exact) mass is 566 g/mol. The molecule has 0 saturated carbocycles. The number of ether oxygens (including phenoxy) is 2. The Labute approximate surface area is 193 Å². The summed E-state index contributed by atoms with van der Waals surface area (Å²) in [6.07, 6.45) is 4.53. The third-order valence-corrected chi connectivity index (χ3v) is 8.11. The van der Waals surface area contributed by atoms with Crippen LogP contribution >= 0.6 is 33.9 Å². The highest BCUT2D eigenvalue weighted by atomic mass is 127. The fraction of sp³-hybridized carbons (Fsp3) is 0.647. The normalized spacial score (nSPS) is 19.2. The Morgan fingerprint density at radius 2 is 1.93 bits per heavy atom. The molecule has 10 nitrogen and oxygen atoms in total. The van der Waals surface area contributed by atoms with Crippen molar-refractivity contribution in [1.82, 2.24) is 24.2 Å². The van der Waals surface area contributed by atoms with E-state index in [0.29, 0.717) is 57.8 Å².